The molecule has 1 aromatic heterocycles. The van der Waals surface area contributed by atoms with E-state index in [-0.39, 0.29) is 17.4 Å². The Labute approximate surface area is 148 Å². The van der Waals surface area contributed by atoms with Crippen LogP contribution >= 0.6 is 11.8 Å². The molecule has 0 saturated heterocycles. The van der Waals surface area contributed by atoms with Gasteiger partial charge < -0.3 is 11.1 Å². The molecule has 25 heavy (non-hydrogen) atoms. The van der Waals surface area contributed by atoms with Gasteiger partial charge in [-0.15, -0.1) is 5.11 Å². The molecular formula is C16H17N7OS. The van der Waals surface area contributed by atoms with Crippen molar-refractivity contribution in [2.24, 2.45) is 15.8 Å². The fourth-order valence-electron chi connectivity index (χ4n) is 2.52. The number of hydrogen-bond donors (Lipinski definition) is 3. The van der Waals surface area contributed by atoms with Crippen molar-refractivity contribution in [2.45, 2.75) is 18.9 Å². The summed E-state index contributed by atoms with van der Waals surface area (Å²) < 4.78 is 0. The zero-order chi connectivity index (χ0) is 17.9. The van der Waals surface area contributed by atoms with E-state index in [2.05, 4.69) is 25.4 Å². The maximum absolute atomic E-state index is 12.3. The summed E-state index contributed by atoms with van der Waals surface area (Å²) in [7, 11) is 0. The average Bonchev–Trinajstić information content (AvgIpc) is 2.62. The van der Waals surface area contributed by atoms with Crippen molar-refractivity contribution < 1.29 is 4.79 Å². The van der Waals surface area contributed by atoms with Gasteiger partial charge in [0.2, 0.25) is 0 Å². The second-order valence-electron chi connectivity index (χ2n) is 5.73. The Kier molecular flexibility index (Phi) is 4.75. The third-order valence-corrected chi connectivity index (χ3v) is 4.72. The Hall–Kier alpha value is -2.81. The molecule has 0 radical (unpaired) electrons. The molecule has 0 spiro atoms. The highest BCUT2D eigenvalue weighted by atomic mass is 32.2. The first kappa shape index (κ1) is 17.0. The lowest BCUT2D eigenvalue weighted by Crippen LogP contribution is -2.28. The van der Waals surface area contributed by atoms with Crippen LogP contribution in [0.1, 0.15) is 29.4 Å². The summed E-state index contributed by atoms with van der Waals surface area (Å²) in [5.41, 5.74) is 14.1. The molecule has 0 saturated carbocycles. The van der Waals surface area contributed by atoms with Crippen LogP contribution in [-0.4, -0.2) is 26.8 Å². The number of hydrogen-bond acceptors (Lipinski definition) is 8. The van der Waals surface area contributed by atoms with Gasteiger partial charge in [-0.25, -0.2) is 15.5 Å². The van der Waals surface area contributed by atoms with E-state index in [1.165, 1.54) is 12.4 Å². The number of anilines is 1. The molecular weight excluding hydrogens is 338 g/mol. The maximum Gasteiger partial charge on any atom is 0.275 e. The minimum atomic E-state index is -0.396. The Morgan fingerprint density at radius 1 is 1.40 bits per heavy atom. The molecule has 8 nitrogen and oxygen atoms in total. The molecule has 4 N–H and O–H groups in total. The Morgan fingerprint density at radius 2 is 2.24 bits per heavy atom. The first-order valence-electron chi connectivity index (χ1n) is 7.60. The highest BCUT2D eigenvalue weighted by Crippen LogP contribution is 2.35. The van der Waals surface area contributed by atoms with Gasteiger partial charge in [-0.3, -0.25) is 9.79 Å². The molecule has 128 valence electrons. The van der Waals surface area contributed by atoms with Gasteiger partial charge in [-0.05, 0) is 31.0 Å². The molecule has 1 atom stereocenters. The van der Waals surface area contributed by atoms with Gasteiger partial charge in [0.05, 0.1) is 17.9 Å². The van der Waals surface area contributed by atoms with Crippen LogP contribution < -0.4 is 11.1 Å². The molecule has 0 bridgehead atoms. The first-order valence-corrected chi connectivity index (χ1v) is 8.58. The van der Waals surface area contributed by atoms with Gasteiger partial charge in [-0.2, -0.15) is 0 Å². The van der Waals surface area contributed by atoms with E-state index >= 15 is 0 Å². The summed E-state index contributed by atoms with van der Waals surface area (Å²) >= 11 is 1.55. The number of carbonyl (C=O) groups excluding carboxylic acids is 1. The van der Waals surface area contributed by atoms with Crippen molar-refractivity contribution in [2.75, 3.05) is 11.1 Å². The summed E-state index contributed by atoms with van der Waals surface area (Å²) in [6.07, 6.45) is 3.44. The monoisotopic (exact) mass is 355 g/mol. The highest BCUT2D eigenvalue weighted by molar-refractivity contribution is 8.13. The van der Waals surface area contributed by atoms with Crippen LogP contribution in [0.25, 0.3) is 0 Å². The number of nitrogens with two attached hydrogens (primary N) is 1. The van der Waals surface area contributed by atoms with Crippen LogP contribution in [0.15, 0.2) is 46.8 Å². The van der Waals surface area contributed by atoms with Crippen molar-refractivity contribution in [3.05, 3.63) is 47.9 Å². The Bertz CT molecular complexity index is 837. The maximum atomic E-state index is 12.3. The molecule has 0 aliphatic carbocycles. The lowest BCUT2D eigenvalue weighted by atomic mass is 9.89. The van der Waals surface area contributed by atoms with Crippen LogP contribution in [0.5, 0.6) is 0 Å². The van der Waals surface area contributed by atoms with Crippen molar-refractivity contribution in [3.8, 4) is 0 Å². The number of benzene rings is 1. The van der Waals surface area contributed by atoms with Crippen LogP contribution in [0.2, 0.25) is 0 Å². The Balaban J connectivity index is 1.80. The van der Waals surface area contributed by atoms with E-state index in [4.69, 9.17) is 11.3 Å². The average molecular weight is 355 g/mol. The molecule has 1 amide bonds. The lowest BCUT2D eigenvalue weighted by Gasteiger charge is -2.30. The summed E-state index contributed by atoms with van der Waals surface area (Å²) in [6, 6.07) is 7.55. The van der Waals surface area contributed by atoms with E-state index in [1.807, 2.05) is 25.1 Å². The summed E-state index contributed by atoms with van der Waals surface area (Å²) in [5, 5.41) is 6.53. The van der Waals surface area contributed by atoms with Gasteiger partial charge in [0.15, 0.2) is 11.0 Å². The lowest BCUT2D eigenvalue weighted by molar-refractivity contribution is 0.102. The number of amidine groups is 1. The SMILES string of the molecule is CC1(c2cccc(NC(=O)c3cnc(N=N)cn3)c2)CCSC(N)=N1. The second kappa shape index (κ2) is 6.98. The molecule has 2 aromatic rings. The second-order valence-corrected chi connectivity index (χ2v) is 6.84. The minimum absolute atomic E-state index is 0.150. The molecule has 9 heteroatoms. The fraction of sp³-hybridized carbons (Fsp3) is 0.250. The zero-order valence-corrected chi connectivity index (χ0v) is 14.4. The summed E-state index contributed by atoms with van der Waals surface area (Å²) in [5.74, 6) is 0.677. The number of rotatable bonds is 4. The Morgan fingerprint density at radius 3 is 2.92 bits per heavy atom. The van der Waals surface area contributed by atoms with Crippen LogP contribution in [0, 0.1) is 5.53 Å². The minimum Gasteiger partial charge on any atom is -0.379 e. The van der Waals surface area contributed by atoms with E-state index in [0.29, 0.717) is 10.9 Å². The number of aromatic nitrogens is 2. The van der Waals surface area contributed by atoms with Crippen LogP contribution in [0.3, 0.4) is 0 Å². The number of carbonyl (C=O) groups is 1. The number of nitrogens with one attached hydrogen (secondary N) is 2. The summed E-state index contributed by atoms with van der Waals surface area (Å²) in [4.78, 5) is 24.7. The van der Waals surface area contributed by atoms with E-state index < -0.39 is 5.54 Å². The molecule has 1 unspecified atom stereocenters. The van der Waals surface area contributed by atoms with E-state index in [0.717, 1.165) is 17.7 Å². The van der Waals surface area contributed by atoms with Gasteiger partial charge >= 0.3 is 0 Å². The first-order chi connectivity index (χ1) is 12.0. The highest BCUT2D eigenvalue weighted by Gasteiger charge is 2.29. The smallest absolute Gasteiger partial charge is 0.275 e. The third kappa shape index (κ3) is 3.82. The van der Waals surface area contributed by atoms with Gasteiger partial charge in [0.25, 0.3) is 5.91 Å². The van der Waals surface area contributed by atoms with E-state index in [9.17, 15) is 4.79 Å². The number of thioether (sulfide) groups is 1. The van der Waals surface area contributed by atoms with E-state index in [1.54, 1.807) is 17.8 Å². The number of aliphatic imine (C=N–C) groups is 1. The topological polar surface area (TPSA) is 129 Å². The predicted molar refractivity (Wildman–Crippen MR) is 97.3 cm³/mol. The number of amides is 1. The zero-order valence-electron chi connectivity index (χ0n) is 13.6. The van der Waals surface area contributed by atoms with Crippen LogP contribution in [-0.2, 0) is 5.54 Å². The van der Waals surface area contributed by atoms with Gasteiger partial charge in [-0.1, -0.05) is 23.9 Å². The van der Waals surface area contributed by atoms with Crippen molar-refractivity contribution in [3.63, 3.8) is 0 Å². The molecule has 3 rings (SSSR count). The molecule has 1 aromatic carbocycles. The molecule has 1 aliphatic heterocycles. The third-order valence-electron chi connectivity index (χ3n) is 3.92. The molecule has 1 aliphatic rings. The van der Waals surface area contributed by atoms with Gasteiger partial charge in [0, 0.05) is 11.4 Å². The molecule has 2 heterocycles. The fourth-order valence-corrected chi connectivity index (χ4v) is 3.49. The van der Waals surface area contributed by atoms with Crippen molar-refractivity contribution in [1.29, 1.82) is 5.53 Å². The molecule has 0 fully saturated rings. The quantitative estimate of drug-likeness (QED) is 0.726. The van der Waals surface area contributed by atoms with Crippen LogP contribution in [0.4, 0.5) is 11.5 Å². The summed E-state index contributed by atoms with van der Waals surface area (Å²) in [6.45, 7) is 2.04. The van der Waals surface area contributed by atoms with Gasteiger partial charge in [0.1, 0.15) is 5.69 Å². The van der Waals surface area contributed by atoms with Crippen molar-refractivity contribution in [1.82, 2.24) is 9.97 Å². The largest absolute Gasteiger partial charge is 0.379 e. The number of nitrogens with zero attached hydrogens (tertiary/aromatic N) is 4. The predicted octanol–water partition coefficient (Wildman–Crippen LogP) is 3.06. The van der Waals surface area contributed by atoms with Crippen molar-refractivity contribution >= 4 is 34.3 Å². The standard InChI is InChI=1S/C16H17N7OS/c1-16(5-6-25-15(17)22-16)10-3-2-4-11(7-10)21-14(24)12-8-20-13(23-18)9-19-12/h2-4,7-9,18H,5-6H2,1H3,(H2,17,22)(H,21,24). The normalized spacial score (nSPS) is 19.8.